The van der Waals surface area contributed by atoms with Crippen molar-refractivity contribution in [2.24, 2.45) is 5.92 Å². The van der Waals surface area contributed by atoms with Gasteiger partial charge in [-0.05, 0) is 42.3 Å². The van der Waals surface area contributed by atoms with Gasteiger partial charge in [0.05, 0.1) is 0 Å². The molecule has 4 nitrogen and oxygen atoms in total. The first-order valence-corrected chi connectivity index (χ1v) is 9.72. The molecule has 138 valence electrons. The molecule has 1 N–H and O–H groups in total. The number of pyridine rings is 1. The molecule has 0 saturated carbocycles. The highest BCUT2D eigenvalue weighted by Gasteiger charge is 2.23. The van der Waals surface area contributed by atoms with Crippen molar-refractivity contribution in [2.75, 3.05) is 25.0 Å². The van der Waals surface area contributed by atoms with Gasteiger partial charge in [-0.1, -0.05) is 54.1 Å². The highest BCUT2D eigenvalue weighted by atomic mass is 35.5. The van der Waals surface area contributed by atoms with Crippen molar-refractivity contribution in [1.29, 1.82) is 0 Å². The fourth-order valence-electron chi connectivity index (χ4n) is 3.60. The smallest absolute Gasteiger partial charge is 0.253 e. The highest BCUT2D eigenvalue weighted by Crippen LogP contribution is 2.25. The van der Waals surface area contributed by atoms with Crippen LogP contribution in [0.3, 0.4) is 0 Å². The van der Waals surface area contributed by atoms with E-state index in [1.807, 2.05) is 65.6 Å². The van der Waals surface area contributed by atoms with Crippen LogP contribution in [0, 0.1) is 5.92 Å². The number of hydrogen-bond acceptors (Lipinski definition) is 3. The van der Waals surface area contributed by atoms with E-state index in [0.29, 0.717) is 11.1 Å². The Balaban J connectivity index is 1.33. The molecule has 27 heavy (non-hydrogen) atoms. The Labute approximate surface area is 164 Å². The number of amides is 1. The van der Waals surface area contributed by atoms with Crippen LogP contribution in [-0.4, -0.2) is 35.4 Å². The van der Waals surface area contributed by atoms with Gasteiger partial charge in [-0.25, -0.2) is 4.98 Å². The maximum atomic E-state index is 12.5. The molecule has 2 aromatic carbocycles. The van der Waals surface area contributed by atoms with Crippen molar-refractivity contribution in [3.63, 3.8) is 0 Å². The van der Waals surface area contributed by atoms with Crippen LogP contribution in [0.2, 0.25) is 5.15 Å². The molecule has 1 aromatic heterocycles. The number of carbonyl (C=O) groups is 1. The summed E-state index contributed by atoms with van der Waals surface area (Å²) < 4.78 is 0. The fourth-order valence-corrected chi connectivity index (χ4v) is 3.86. The normalized spacial score (nSPS) is 15.1. The second-order valence-electron chi connectivity index (χ2n) is 7.00. The number of carbonyl (C=O) groups excluding carboxylic acids is 1. The Hall–Kier alpha value is -2.59. The maximum Gasteiger partial charge on any atom is 0.253 e. The summed E-state index contributed by atoms with van der Waals surface area (Å²) in [5.74, 6) is 1.46. The van der Waals surface area contributed by atoms with E-state index in [9.17, 15) is 4.79 Å². The molecule has 0 atom stereocenters. The molecule has 1 aliphatic rings. The summed E-state index contributed by atoms with van der Waals surface area (Å²) in [7, 11) is 0. The molecule has 1 aliphatic heterocycles. The number of nitrogens with one attached hydrogen (secondary N) is 1. The lowest BCUT2D eigenvalue weighted by Gasteiger charge is -2.32. The van der Waals surface area contributed by atoms with Crippen molar-refractivity contribution < 1.29 is 4.79 Å². The van der Waals surface area contributed by atoms with Crippen LogP contribution in [0.5, 0.6) is 0 Å². The maximum absolute atomic E-state index is 12.5. The second-order valence-corrected chi connectivity index (χ2v) is 7.36. The lowest BCUT2D eigenvalue weighted by molar-refractivity contribution is 0.0695. The quantitative estimate of drug-likeness (QED) is 0.659. The number of fused-ring (bicyclic) bond motifs is 1. The number of piperidine rings is 1. The zero-order chi connectivity index (χ0) is 18.6. The predicted octanol–water partition coefficient (Wildman–Crippen LogP) is 4.85. The summed E-state index contributed by atoms with van der Waals surface area (Å²) in [6.07, 6.45) is 1.99. The molecule has 3 aromatic rings. The third-order valence-corrected chi connectivity index (χ3v) is 5.48. The summed E-state index contributed by atoms with van der Waals surface area (Å²) >= 11 is 6.30. The summed E-state index contributed by atoms with van der Waals surface area (Å²) in [5, 5.41) is 6.01. The second kappa shape index (κ2) is 7.97. The summed E-state index contributed by atoms with van der Waals surface area (Å²) in [6.45, 7) is 2.44. The van der Waals surface area contributed by atoms with Gasteiger partial charge in [0, 0.05) is 30.6 Å². The van der Waals surface area contributed by atoms with Crippen molar-refractivity contribution in [3.05, 3.63) is 71.4 Å². The number of aromatic nitrogens is 1. The number of likely N-dealkylation sites (tertiary alicyclic amines) is 1. The third-order valence-electron chi connectivity index (χ3n) is 5.19. The molecular formula is C22H22ClN3O. The molecule has 4 rings (SSSR count). The van der Waals surface area contributed by atoms with E-state index in [2.05, 4.69) is 10.3 Å². The van der Waals surface area contributed by atoms with E-state index in [0.717, 1.165) is 54.6 Å². The Kier molecular flexibility index (Phi) is 5.26. The van der Waals surface area contributed by atoms with E-state index < -0.39 is 0 Å². The number of rotatable bonds is 4. The zero-order valence-corrected chi connectivity index (χ0v) is 15.8. The Morgan fingerprint density at radius 1 is 1.07 bits per heavy atom. The highest BCUT2D eigenvalue weighted by molar-refractivity contribution is 6.34. The molecular weight excluding hydrogens is 358 g/mol. The Morgan fingerprint density at radius 2 is 1.78 bits per heavy atom. The number of benzene rings is 2. The molecule has 1 fully saturated rings. The van der Waals surface area contributed by atoms with Gasteiger partial charge in [0.15, 0.2) is 0 Å². The first-order chi connectivity index (χ1) is 13.2. The van der Waals surface area contributed by atoms with Crippen LogP contribution in [0.4, 0.5) is 5.82 Å². The van der Waals surface area contributed by atoms with Gasteiger partial charge < -0.3 is 10.2 Å². The van der Waals surface area contributed by atoms with Gasteiger partial charge in [-0.3, -0.25) is 4.79 Å². The molecule has 0 unspecified atom stereocenters. The molecule has 0 bridgehead atoms. The SMILES string of the molecule is O=C(c1ccccc1)N1CCC(CNc2cc3ccccc3c(Cl)n2)CC1. The minimum absolute atomic E-state index is 0.130. The van der Waals surface area contributed by atoms with E-state index >= 15 is 0 Å². The molecule has 1 amide bonds. The monoisotopic (exact) mass is 379 g/mol. The van der Waals surface area contributed by atoms with E-state index in [-0.39, 0.29) is 5.91 Å². The van der Waals surface area contributed by atoms with Crippen molar-refractivity contribution in [1.82, 2.24) is 9.88 Å². The summed E-state index contributed by atoms with van der Waals surface area (Å²) in [5.41, 5.74) is 0.768. The van der Waals surface area contributed by atoms with Gasteiger partial charge in [-0.15, -0.1) is 0 Å². The number of hydrogen-bond donors (Lipinski definition) is 1. The zero-order valence-electron chi connectivity index (χ0n) is 15.1. The number of nitrogens with zero attached hydrogens (tertiary/aromatic N) is 2. The standard InChI is InChI=1S/C22H22ClN3O/c23-21-19-9-5-4-8-18(19)14-20(25-21)24-15-16-10-12-26(13-11-16)22(27)17-6-2-1-3-7-17/h1-9,14,16H,10-13,15H2,(H,24,25). The van der Waals surface area contributed by atoms with Crippen molar-refractivity contribution in [3.8, 4) is 0 Å². The fraction of sp³-hybridized carbons (Fsp3) is 0.273. The van der Waals surface area contributed by atoms with Gasteiger partial charge in [0.1, 0.15) is 11.0 Å². The third kappa shape index (κ3) is 4.06. The van der Waals surface area contributed by atoms with E-state index in [1.165, 1.54) is 0 Å². The van der Waals surface area contributed by atoms with Crippen molar-refractivity contribution >= 4 is 34.1 Å². The minimum atomic E-state index is 0.130. The average molecular weight is 380 g/mol. The van der Waals surface area contributed by atoms with Gasteiger partial charge >= 0.3 is 0 Å². The molecule has 0 radical (unpaired) electrons. The topological polar surface area (TPSA) is 45.2 Å². The van der Waals surface area contributed by atoms with Gasteiger partial charge in [0.2, 0.25) is 0 Å². The minimum Gasteiger partial charge on any atom is -0.370 e. The van der Waals surface area contributed by atoms with E-state index in [1.54, 1.807) is 0 Å². The largest absolute Gasteiger partial charge is 0.370 e. The predicted molar refractivity (Wildman–Crippen MR) is 110 cm³/mol. The first-order valence-electron chi connectivity index (χ1n) is 9.34. The van der Waals surface area contributed by atoms with Crippen molar-refractivity contribution in [2.45, 2.75) is 12.8 Å². The van der Waals surface area contributed by atoms with Crippen LogP contribution in [0.25, 0.3) is 10.8 Å². The van der Waals surface area contributed by atoms with Crippen LogP contribution >= 0.6 is 11.6 Å². The Morgan fingerprint density at radius 3 is 2.56 bits per heavy atom. The molecule has 1 saturated heterocycles. The molecule has 5 heteroatoms. The average Bonchev–Trinajstić information content (AvgIpc) is 2.73. The molecule has 2 heterocycles. The van der Waals surface area contributed by atoms with Gasteiger partial charge in [-0.2, -0.15) is 0 Å². The molecule has 0 spiro atoms. The van der Waals surface area contributed by atoms with E-state index in [4.69, 9.17) is 11.6 Å². The number of anilines is 1. The van der Waals surface area contributed by atoms with Gasteiger partial charge in [0.25, 0.3) is 5.91 Å². The number of halogens is 1. The van der Waals surface area contributed by atoms with Crippen LogP contribution < -0.4 is 5.32 Å². The molecule has 0 aliphatic carbocycles. The van der Waals surface area contributed by atoms with Crippen LogP contribution in [-0.2, 0) is 0 Å². The lowest BCUT2D eigenvalue weighted by Crippen LogP contribution is -2.39. The van der Waals surface area contributed by atoms with Crippen LogP contribution in [0.1, 0.15) is 23.2 Å². The first kappa shape index (κ1) is 17.8. The van der Waals surface area contributed by atoms with Crippen LogP contribution in [0.15, 0.2) is 60.7 Å². The summed E-state index contributed by atoms with van der Waals surface area (Å²) in [4.78, 5) is 18.9. The summed E-state index contributed by atoms with van der Waals surface area (Å²) in [6, 6.07) is 19.5. The lowest BCUT2D eigenvalue weighted by atomic mass is 9.96. The Bertz CT molecular complexity index is 937.